The van der Waals surface area contributed by atoms with Gasteiger partial charge in [-0.2, -0.15) is 0 Å². The Morgan fingerprint density at radius 3 is 2.68 bits per heavy atom. The molecule has 1 fully saturated rings. The van der Waals surface area contributed by atoms with Gasteiger partial charge in [0.25, 0.3) is 0 Å². The normalized spacial score (nSPS) is 18.2. The second-order valence-corrected chi connectivity index (χ2v) is 7.45. The number of hydrogen-bond acceptors (Lipinski definition) is 4. The number of halogens is 1. The maximum absolute atomic E-state index is 9.79. The molecule has 0 bridgehead atoms. The second kappa shape index (κ2) is 7.65. The smallest absolute Gasteiger partial charge is 0.121 e. The number of anilines is 1. The maximum Gasteiger partial charge on any atom is 0.121 e. The molecule has 1 aliphatic heterocycles. The summed E-state index contributed by atoms with van der Waals surface area (Å²) in [7, 11) is 0. The third-order valence-electron chi connectivity index (χ3n) is 4.25. The summed E-state index contributed by atoms with van der Waals surface area (Å²) in [5.41, 5.74) is 1.41. The van der Waals surface area contributed by atoms with Gasteiger partial charge in [-0.15, -0.1) is 0 Å². The van der Waals surface area contributed by atoms with E-state index in [2.05, 4.69) is 34.5 Å². The molecule has 4 nitrogen and oxygen atoms in total. The summed E-state index contributed by atoms with van der Waals surface area (Å²) < 4.78 is 5.64. The van der Waals surface area contributed by atoms with E-state index in [1.165, 1.54) is 5.56 Å². The van der Waals surface area contributed by atoms with Crippen molar-refractivity contribution in [1.82, 2.24) is 5.32 Å². The van der Waals surface area contributed by atoms with Crippen molar-refractivity contribution in [3.63, 3.8) is 0 Å². The molecule has 2 aromatic rings. The predicted octanol–water partition coefficient (Wildman–Crippen LogP) is 3.64. The highest BCUT2D eigenvalue weighted by molar-refractivity contribution is 6.33. The van der Waals surface area contributed by atoms with Crippen LogP contribution >= 0.6 is 11.6 Å². The summed E-state index contributed by atoms with van der Waals surface area (Å²) >= 11 is 6.56. The summed E-state index contributed by atoms with van der Waals surface area (Å²) in [6, 6.07) is 16.5. The molecule has 0 unspecified atom stereocenters. The average molecular weight is 361 g/mol. The molecule has 2 N–H and O–H groups in total. The molecule has 0 aliphatic carbocycles. The first-order chi connectivity index (χ1) is 11.9. The van der Waals surface area contributed by atoms with Crippen LogP contribution < -0.4 is 15.0 Å². The molecular formula is C20H25ClN2O2. The van der Waals surface area contributed by atoms with E-state index in [1.807, 2.05) is 24.3 Å². The van der Waals surface area contributed by atoms with Gasteiger partial charge >= 0.3 is 0 Å². The largest absolute Gasteiger partial charge is 0.491 e. The number of nitrogens with zero attached hydrogens (tertiary/aromatic N) is 1. The number of nitrogens with one attached hydrogen (secondary N) is 1. The summed E-state index contributed by atoms with van der Waals surface area (Å²) in [5, 5.41) is 13.9. The topological polar surface area (TPSA) is 44.7 Å². The van der Waals surface area contributed by atoms with Crippen LogP contribution in [0.3, 0.4) is 0 Å². The highest BCUT2D eigenvalue weighted by Crippen LogP contribution is 2.35. The first-order valence-corrected chi connectivity index (χ1v) is 8.99. The lowest BCUT2D eigenvalue weighted by Gasteiger charge is -2.39. The molecule has 1 aliphatic rings. The summed E-state index contributed by atoms with van der Waals surface area (Å²) in [5.74, 6) is 0.669. The molecule has 3 rings (SSSR count). The number of ether oxygens (including phenoxy) is 1. The van der Waals surface area contributed by atoms with Crippen molar-refractivity contribution in [3.05, 3.63) is 59.1 Å². The maximum atomic E-state index is 9.79. The number of benzene rings is 2. The van der Waals surface area contributed by atoms with E-state index in [4.69, 9.17) is 16.3 Å². The Kier molecular flexibility index (Phi) is 5.52. The van der Waals surface area contributed by atoms with Crippen molar-refractivity contribution in [2.24, 2.45) is 0 Å². The number of piperazine rings is 1. The molecule has 0 spiro atoms. The molecule has 1 saturated heterocycles. The Morgan fingerprint density at radius 2 is 2.00 bits per heavy atom. The lowest BCUT2D eigenvalue weighted by atomic mass is 10.0. The highest BCUT2D eigenvalue weighted by atomic mass is 35.5. The van der Waals surface area contributed by atoms with Crippen LogP contribution in [-0.4, -0.2) is 36.9 Å². The molecule has 134 valence electrons. The van der Waals surface area contributed by atoms with Gasteiger partial charge in [0.15, 0.2) is 0 Å². The third-order valence-corrected chi connectivity index (χ3v) is 4.55. The van der Waals surface area contributed by atoms with Crippen molar-refractivity contribution >= 4 is 17.3 Å². The van der Waals surface area contributed by atoms with Crippen molar-refractivity contribution in [1.29, 1.82) is 0 Å². The van der Waals surface area contributed by atoms with Gasteiger partial charge in [-0.25, -0.2) is 0 Å². The second-order valence-electron chi connectivity index (χ2n) is 7.04. The Bertz CT molecular complexity index is 701. The molecule has 1 atom stereocenters. The summed E-state index contributed by atoms with van der Waals surface area (Å²) in [4.78, 5) is 2.34. The molecule has 25 heavy (non-hydrogen) atoms. The fraction of sp³-hybridized carbons (Fsp3) is 0.400. The van der Waals surface area contributed by atoms with E-state index in [-0.39, 0.29) is 12.6 Å². The first-order valence-electron chi connectivity index (χ1n) is 8.61. The van der Waals surface area contributed by atoms with Crippen LogP contribution in [0.2, 0.25) is 5.02 Å². The van der Waals surface area contributed by atoms with E-state index in [0.29, 0.717) is 10.8 Å². The fourth-order valence-corrected chi connectivity index (χ4v) is 3.32. The van der Waals surface area contributed by atoms with Crippen LogP contribution in [0.25, 0.3) is 0 Å². The summed E-state index contributed by atoms with van der Waals surface area (Å²) in [6.45, 7) is 6.36. The molecule has 5 heteroatoms. The van der Waals surface area contributed by atoms with Gasteiger partial charge < -0.3 is 20.1 Å². The van der Waals surface area contributed by atoms with Crippen LogP contribution in [0.15, 0.2) is 48.5 Å². The van der Waals surface area contributed by atoms with Crippen molar-refractivity contribution in [2.45, 2.75) is 25.5 Å². The van der Waals surface area contributed by atoms with Gasteiger partial charge in [0.1, 0.15) is 12.4 Å². The van der Waals surface area contributed by atoms with E-state index >= 15 is 0 Å². The zero-order valence-corrected chi connectivity index (χ0v) is 15.5. The Labute approximate surface area is 154 Å². The number of aliphatic hydroxyl groups is 1. The zero-order valence-electron chi connectivity index (χ0n) is 14.7. The van der Waals surface area contributed by atoms with Gasteiger partial charge in [0.2, 0.25) is 0 Å². The monoisotopic (exact) mass is 360 g/mol. The molecule has 0 saturated carbocycles. The molecule has 0 radical (unpaired) electrons. The van der Waals surface area contributed by atoms with Crippen molar-refractivity contribution in [2.75, 3.05) is 31.1 Å². The lowest BCUT2D eigenvalue weighted by molar-refractivity contribution is 0.0285. The predicted molar refractivity (Wildman–Crippen MR) is 103 cm³/mol. The van der Waals surface area contributed by atoms with Gasteiger partial charge in [0.05, 0.1) is 22.4 Å². The van der Waals surface area contributed by atoms with E-state index in [0.717, 1.165) is 25.3 Å². The molecule has 0 aromatic heterocycles. The van der Waals surface area contributed by atoms with E-state index in [1.54, 1.807) is 13.8 Å². The molecule has 0 amide bonds. The molecular weight excluding hydrogens is 336 g/mol. The minimum Gasteiger partial charge on any atom is -0.491 e. The van der Waals surface area contributed by atoms with Gasteiger partial charge in [-0.05, 0) is 31.5 Å². The SMILES string of the molecule is CC(C)(O)COc1ccc(N2CCNC[C@H]2c2ccccc2)c(Cl)c1. The Balaban J connectivity index is 1.81. The minimum atomic E-state index is -0.873. The van der Waals surface area contributed by atoms with E-state index < -0.39 is 5.60 Å². The van der Waals surface area contributed by atoms with Crippen LogP contribution in [-0.2, 0) is 0 Å². The number of hydrogen-bond donors (Lipinski definition) is 2. The Morgan fingerprint density at radius 1 is 1.24 bits per heavy atom. The van der Waals surface area contributed by atoms with Crippen LogP contribution in [0.4, 0.5) is 5.69 Å². The van der Waals surface area contributed by atoms with Crippen LogP contribution in [0.5, 0.6) is 5.75 Å². The minimum absolute atomic E-state index is 0.225. The molecule has 1 heterocycles. The van der Waals surface area contributed by atoms with Crippen LogP contribution in [0.1, 0.15) is 25.5 Å². The Hall–Kier alpha value is -1.75. The fourth-order valence-electron chi connectivity index (χ4n) is 3.04. The molecule has 2 aromatic carbocycles. The average Bonchev–Trinajstić information content (AvgIpc) is 2.60. The van der Waals surface area contributed by atoms with Gasteiger partial charge in [-0.3, -0.25) is 0 Å². The standard InChI is InChI=1S/C20H25ClN2O2/c1-20(2,24)14-25-16-8-9-18(17(21)12-16)23-11-10-22-13-19(23)15-6-4-3-5-7-15/h3-9,12,19,22,24H,10-11,13-14H2,1-2H3/t19-/m0/s1. The van der Waals surface area contributed by atoms with Crippen molar-refractivity contribution < 1.29 is 9.84 Å². The lowest BCUT2D eigenvalue weighted by Crippen LogP contribution is -2.46. The van der Waals surface area contributed by atoms with Gasteiger partial charge in [-0.1, -0.05) is 41.9 Å². The number of rotatable bonds is 5. The first kappa shape index (κ1) is 18.1. The third kappa shape index (κ3) is 4.66. The summed E-state index contributed by atoms with van der Waals surface area (Å²) in [6.07, 6.45) is 0. The van der Waals surface area contributed by atoms with Crippen LogP contribution in [0, 0.1) is 0 Å². The van der Waals surface area contributed by atoms with Gasteiger partial charge in [0, 0.05) is 25.7 Å². The zero-order chi connectivity index (χ0) is 17.9. The quantitative estimate of drug-likeness (QED) is 0.854. The highest BCUT2D eigenvalue weighted by Gasteiger charge is 2.25. The van der Waals surface area contributed by atoms with E-state index in [9.17, 15) is 5.11 Å². The van der Waals surface area contributed by atoms with Crippen molar-refractivity contribution in [3.8, 4) is 5.75 Å².